The smallest absolute Gasteiger partial charge is 0.0323 e. The van der Waals surface area contributed by atoms with E-state index in [2.05, 4.69) is 59.1 Å². The molecular weight excluding hydrogens is 333 g/mol. The van der Waals surface area contributed by atoms with Crippen molar-refractivity contribution in [3.63, 3.8) is 0 Å². The van der Waals surface area contributed by atoms with Crippen molar-refractivity contribution in [2.75, 3.05) is 6.54 Å². The molecule has 0 spiro atoms. The van der Waals surface area contributed by atoms with Crippen molar-refractivity contribution >= 4 is 22.6 Å². The molecule has 1 N–H and O–H groups in total. The highest BCUT2D eigenvalue weighted by Crippen LogP contribution is 2.32. The van der Waals surface area contributed by atoms with E-state index in [1.54, 1.807) is 0 Å². The summed E-state index contributed by atoms with van der Waals surface area (Å²) in [6.07, 6.45) is 8.52. The lowest BCUT2D eigenvalue weighted by Crippen LogP contribution is -2.24. The predicted octanol–water partition coefficient (Wildman–Crippen LogP) is 4.91. The Hall–Kier alpha value is -0.0900. The number of nitrogens with one attached hydrogen (secondary N) is 1. The molecule has 0 amide bonds. The summed E-state index contributed by atoms with van der Waals surface area (Å²) < 4.78 is 1.34. The Bertz CT molecular complexity index is 358. The lowest BCUT2D eigenvalue weighted by Gasteiger charge is -2.27. The Balaban J connectivity index is 2.02. The highest BCUT2D eigenvalue weighted by Gasteiger charge is 2.19. The average Bonchev–Trinajstić information content (AvgIpc) is 2.39. The first-order chi connectivity index (χ1) is 8.79. The van der Waals surface area contributed by atoms with E-state index < -0.39 is 0 Å². The minimum atomic E-state index is 0.549. The zero-order valence-electron chi connectivity index (χ0n) is 11.3. The second-order valence-electron chi connectivity index (χ2n) is 5.41. The van der Waals surface area contributed by atoms with Crippen LogP contribution in [0.2, 0.25) is 0 Å². The maximum Gasteiger partial charge on any atom is 0.0323 e. The van der Waals surface area contributed by atoms with E-state index in [9.17, 15) is 0 Å². The van der Waals surface area contributed by atoms with E-state index in [4.69, 9.17) is 0 Å². The van der Waals surface area contributed by atoms with Crippen LogP contribution in [-0.4, -0.2) is 6.54 Å². The predicted molar refractivity (Wildman–Crippen MR) is 86.8 cm³/mol. The molecule has 0 aliphatic heterocycles. The third kappa shape index (κ3) is 4.23. The Morgan fingerprint density at radius 2 is 2.06 bits per heavy atom. The van der Waals surface area contributed by atoms with Gasteiger partial charge in [0.25, 0.3) is 0 Å². The van der Waals surface area contributed by atoms with Crippen molar-refractivity contribution in [3.8, 4) is 0 Å². The molecule has 1 aliphatic rings. The van der Waals surface area contributed by atoms with Crippen LogP contribution in [0.15, 0.2) is 24.3 Å². The van der Waals surface area contributed by atoms with Gasteiger partial charge in [0, 0.05) is 9.61 Å². The molecule has 0 saturated heterocycles. The first kappa shape index (κ1) is 14.3. The van der Waals surface area contributed by atoms with Crippen LogP contribution in [0.3, 0.4) is 0 Å². The number of rotatable bonds is 5. The molecule has 100 valence electrons. The lowest BCUT2D eigenvalue weighted by atomic mass is 9.83. The van der Waals surface area contributed by atoms with Crippen LogP contribution in [0.5, 0.6) is 0 Å². The zero-order chi connectivity index (χ0) is 12.8. The van der Waals surface area contributed by atoms with E-state index >= 15 is 0 Å². The second kappa shape index (κ2) is 7.49. The lowest BCUT2D eigenvalue weighted by molar-refractivity contribution is 0.301. The molecule has 0 heterocycles. The summed E-state index contributed by atoms with van der Waals surface area (Å²) in [6, 6.07) is 9.51. The minimum Gasteiger partial charge on any atom is -0.310 e. The van der Waals surface area contributed by atoms with E-state index in [1.165, 1.54) is 47.7 Å². The van der Waals surface area contributed by atoms with Crippen LogP contribution in [-0.2, 0) is 0 Å². The normalized spacial score (nSPS) is 18.8. The van der Waals surface area contributed by atoms with Gasteiger partial charge >= 0.3 is 0 Å². The molecule has 2 rings (SSSR count). The van der Waals surface area contributed by atoms with E-state index in [1.807, 2.05) is 0 Å². The fraction of sp³-hybridized carbons (Fsp3) is 0.625. The van der Waals surface area contributed by atoms with Crippen LogP contribution in [0, 0.1) is 9.49 Å². The van der Waals surface area contributed by atoms with Gasteiger partial charge in [0.1, 0.15) is 0 Å². The maximum atomic E-state index is 3.67. The highest BCUT2D eigenvalue weighted by atomic mass is 127. The molecule has 1 aliphatic carbocycles. The van der Waals surface area contributed by atoms with Gasteiger partial charge in [-0.05, 0) is 59.2 Å². The van der Waals surface area contributed by atoms with Gasteiger partial charge in [0.2, 0.25) is 0 Å². The SMILES string of the molecule is CCNC(CC1CCCCC1)c1cccc(I)c1. The van der Waals surface area contributed by atoms with Gasteiger partial charge in [-0.15, -0.1) is 0 Å². The number of hydrogen-bond donors (Lipinski definition) is 1. The monoisotopic (exact) mass is 357 g/mol. The van der Waals surface area contributed by atoms with Crippen molar-refractivity contribution in [3.05, 3.63) is 33.4 Å². The molecule has 1 nitrogen and oxygen atoms in total. The first-order valence-electron chi connectivity index (χ1n) is 7.28. The van der Waals surface area contributed by atoms with Crippen molar-refractivity contribution in [2.45, 2.75) is 51.5 Å². The first-order valence-corrected chi connectivity index (χ1v) is 8.36. The van der Waals surface area contributed by atoms with Gasteiger partial charge in [-0.3, -0.25) is 0 Å². The molecular formula is C16H24IN. The average molecular weight is 357 g/mol. The standard InChI is InChI=1S/C16H24IN/c1-2-18-16(11-13-7-4-3-5-8-13)14-9-6-10-15(17)12-14/h6,9-10,12-13,16,18H,2-5,7-8,11H2,1H3. The molecule has 0 bridgehead atoms. The summed E-state index contributed by atoms with van der Waals surface area (Å²) in [5, 5.41) is 3.67. The summed E-state index contributed by atoms with van der Waals surface area (Å²) in [7, 11) is 0. The third-order valence-corrected chi connectivity index (χ3v) is 4.67. The topological polar surface area (TPSA) is 12.0 Å². The van der Waals surface area contributed by atoms with Crippen molar-refractivity contribution in [2.24, 2.45) is 5.92 Å². The molecule has 1 fully saturated rings. The third-order valence-electron chi connectivity index (χ3n) is 4.00. The number of hydrogen-bond acceptors (Lipinski definition) is 1. The molecule has 1 aromatic carbocycles. The molecule has 0 aromatic heterocycles. The summed E-state index contributed by atoms with van der Waals surface area (Å²) in [5.41, 5.74) is 1.47. The minimum absolute atomic E-state index is 0.549. The van der Waals surface area contributed by atoms with Gasteiger partial charge in [0.05, 0.1) is 0 Å². The summed E-state index contributed by atoms with van der Waals surface area (Å²) in [6.45, 7) is 3.27. The number of benzene rings is 1. The highest BCUT2D eigenvalue weighted by molar-refractivity contribution is 14.1. The van der Waals surface area contributed by atoms with Crippen LogP contribution in [0.1, 0.15) is 57.1 Å². The number of halogens is 1. The van der Waals surface area contributed by atoms with Gasteiger partial charge < -0.3 is 5.32 Å². The molecule has 18 heavy (non-hydrogen) atoms. The van der Waals surface area contributed by atoms with Crippen LogP contribution in [0.25, 0.3) is 0 Å². The molecule has 1 aromatic rings. The summed E-state index contributed by atoms with van der Waals surface area (Å²) >= 11 is 2.41. The van der Waals surface area contributed by atoms with Gasteiger partial charge in [-0.2, -0.15) is 0 Å². The van der Waals surface area contributed by atoms with Crippen LogP contribution < -0.4 is 5.32 Å². The Morgan fingerprint density at radius 3 is 2.72 bits per heavy atom. The quantitative estimate of drug-likeness (QED) is 0.738. The van der Waals surface area contributed by atoms with Crippen LogP contribution in [0.4, 0.5) is 0 Å². The zero-order valence-corrected chi connectivity index (χ0v) is 13.4. The Labute approximate surface area is 125 Å². The summed E-state index contributed by atoms with van der Waals surface area (Å²) in [5.74, 6) is 0.931. The molecule has 0 radical (unpaired) electrons. The van der Waals surface area contributed by atoms with Crippen molar-refractivity contribution < 1.29 is 0 Å². The largest absolute Gasteiger partial charge is 0.310 e. The summed E-state index contributed by atoms with van der Waals surface area (Å²) in [4.78, 5) is 0. The van der Waals surface area contributed by atoms with Gasteiger partial charge in [-0.25, -0.2) is 0 Å². The van der Waals surface area contributed by atoms with E-state index in [0.29, 0.717) is 6.04 Å². The molecule has 1 unspecified atom stereocenters. The molecule has 1 saturated carbocycles. The van der Waals surface area contributed by atoms with Gasteiger partial charge in [-0.1, -0.05) is 51.2 Å². The fourth-order valence-corrected chi connectivity index (χ4v) is 3.63. The van der Waals surface area contributed by atoms with E-state index in [0.717, 1.165) is 12.5 Å². The molecule has 1 atom stereocenters. The van der Waals surface area contributed by atoms with E-state index in [-0.39, 0.29) is 0 Å². The van der Waals surface area contributed by atoms with Crippen molar-refractivity contribution in [1.82, 2.24) is 5.32 Å². The maximum absolute atomic E-state index is 3.67. The molecule has 2 heteroatoms. The fourth-order valence-electron chi connectivity index (χ4n) is 3.06. The van der Waals surface area contributed by atoms with Crippen LogP contribution >= 0.6 is 22.6 Å². The Morgan fingerprint density at radius 1 is 1.28 bits per heavy atom. The second-order valence-corrected chi connectivity index (χ2v) is 6.65. The van der Waals surface area contributed by atoms with Crippen molar-refractivity contribution in [1.29, 1.82) is 0 Å². The van der Waals surface area contributed by atoms with Gasteiger partial charge in [0.15, 0.2) is 0 Å². The Kier molecular flexibility index (Phi) is 5.96.